The summed E-state index contributed by atoms with van der Waals surface area (Å²) in [5, 5.41) is 3.44. The van der Waals surface area contributed by atoms with Gasteiger partial charge in [0.25, 0.3) is 5.91 Å². The number of benzene rings is 1. The predicted octanol–water partition coefficient (Wildman–Crippen LogP) is 3.69. The third-order valence-electron chi connectivity index (χ3n) is 4.59. The minimum atomic E-state index is -0.479. The van der Waals surface area contributed by atoms with Crippen molar-refractivity contribution in [3.63, 3.8) is 0 Å². The summed E-state index contributed by atoms with van der Waals surface area (Å²) in [5.74, 6) is 0.602. The molecule has 1 aliphatic carbocycles. The number of rotatable bonds is 7. The lowest BCUT2D eigenvalue weighted by molar-refractivity contribution is -0.116. The first-order valence-electron chi connectivity index (χ1n) is 8.59. The molecular weight excluding hydrogens is 432 g/mol. The molecule has 6 nitrogen and oxygen atoms in total. The largest absolute Gasteiger partial charge is 0.493 e. The van der Waals surface area contributed by atoms with Crippen molar-refractivity contribution in [1.82, 2.24) is 0 Å². The smallest absolute Gasteiger partial charge is 0.251 e. The van der Waals surface area contributed by atoms with Crippen molar-refractivity contribution < 1.29 is 19.1 Å². The number of fused-ring (bicyclic) bond motifs is 1. The van der Waals surface area contributed by atoms with E-state index in [1.807, 2.05) is 12.1 Å². The van der Waals surface area contributed by atoms with E-state index in [0.717, 1.165) is 39.7 Å². The zero-order chi connectivity index (χ0) is 19.6. The molecule has 1 aliphatic rings. The first-order valence-corrected chi connectivity index (χ1v) is 10.2. The second kappa shape index (κ2) is 8.31. The number of carbonyl (C=O) groups is 2. The fourth-order valence-corrected chi connectivity index (χ4v) is 5.11. The second-order valence-electron chi connectivity index (χ2n) is 6.27. The zero-order valence-electron chi connectivity index (χ0n) is 15.2. The van der Waals surface area contributed by atoms with Crippen molar-refractivity contribution in [3.05, 3.63) is 38.2 Å². The summed E-state index contributed by atoms with van der Waals surface area (Å²) in [4.78, 5) is 25.4. The van der Waals surface area contributed by atoms with Gasteiger partial charge < -0.3 is 20.5 Å². The summed E-state index contributed by atoms with van der Waals surface area (Å²) >= 11 is 4.96. The van der Waals surface area contributed by atoms with Gasteiger partial charge in [0.05, 0.1) is 19.8 Å². The van der Waals surface area contributed by atoms with Crippen LogP contribution in [0.1, 0.15) is 39.2 Å². The molecule has 3 N–H and O–H groups in total. The molecule has 2 amide bonds. The lowest BCUT2D eigenvalue weighted by atomic mass is 10.1. The number of anilines is 1. The average Bonchev–Trinajstić information content (AvgIpc) is 3.20. The van der Waals surface area contributed by atoms with E-state index in [1.54, 1.807) is 14.2 Å². The van der Waals surface area contributed by atoms with E-state index >= 15 is 0 Å². The van der Waals surface area contributed by atoms with Crippen LogP contribution in [0.3, 0.4) is 0 Å². The van der Waals surface area contributed by atoms with Gasteiger partial charge in [-0.2, -0.15) is 0 Å². The van der Waals surface area contributed by atoms with Crippen molar-refractivity contribution in [1.29, 1.82) is 0 Å². The molecule has 0 saturated carbocycles. The topological polar surface area (TPSA) is 90.6 Å². The normalized spacial score (nSPS) is 12.6. The molecule has 27 heavy (non-hydrogen) atoms. The Morgan fingerprint density at radius 3 is 2.59 bits per heavy atom. The van der Waals surface area contributed by atoms with Crippen LogP contribution in [0.5, 0.6) is 11.5 Å². The van der Waals surface area contributed by atoms with Gasteiger partial charge in [0.1, 0.15) is 5.00 Å². The maximum atomic E-state index is 12.4. The molecule has 0 fully saturated rings. The molecule has 3 rings (SSSR count). The van der Waals surface area contributed by atoms with Crippen molar-refractivity contribution in [2.24, 2.45) is 5.73 Å². The first kappa shape index (κ1) is 19.7. The van der Waals surface area contributed by atoms with Crippen molar-refractivity contribution in [3.8, 4) is 11.5 Å². The maximum absolute atomic E-state index is 12.4. The van der Waals surface area contributed by atoms with Gasteiger partial charge in [0, 0.05) is 15.8 Å². The SMILES string of the molecule is COc1cc(Br)c(CCC(=O)Nc2sc3c(c2C(N)=O)CCC3)cc1OC. The summed E-state index contributed by atoms with van der Waals surface area (Å²) in [6, 6.07) is 3.67. The van der Waals surface area contributed by atoms with E-state index in [2.05, 4.69) is 21.2 Å². The molecule has 144 valence electrons. The molecule has 0 bridgehead atoms. The Bertz CT molecular complexity index is 894. The Morgan fingerprint density at radius 2 is 1.93 bits per heavy atom. The Kier molecular flexibility index (Phi) is 6.06. The molecule has 0 spiro atoms. The van der Waals surface area contributed by atoms with Crippen molar-refractivity contribution in [2.75, 3.05) is 19.5 Å². The number of aryl methyl sites for hydroxylation is 2. The standard InChI is InChI=1S/C19H21BrN2O4S/c1-25-13-8-10(12(20)9-14(13)26-2)6-7-16(23)22-19-17(18(21)24)11-4-3-5-15(11)27-19/h8-9H,3-7H2,1-2H3,(H2,21,24)(H,22,23). The number of ether oxygens (including phenoxy) is 2. The molecule has 1 aromatic carbocycles. The van der Waals surface area contributed by atoms with Gasteiger partial charge in [-0.3, -0.25) is 9.59 Å². The van der Waals surface area contributed by atoms with Gasteiger partial charge >= 0.3 is 0 Å². The van der Waals surface area contributed by atoms with Gasteiger partial charge in [0.2, 0.25) is 5.91 Å². The van der Waals surface area contributed by atoms with Gasteiger partial charge in [-0.15, -0.1) is 11.3 Å². The van der Waals surface area contributed by atoms with Crippen LogP contribution in [0, 0.1) is 0 Å². The summed E-state index contributed by atoms with van der Waals surface area (Å²) in [6.45, 7) is 0. The maximum Gasteiger partial charge on any atom is 0.251 e. The second-order valence-corrected chi connectivity index (χ2v) is 8.23. The van der Waals surface area contributed by atoms with Gasteiger partial charge in [-0.05, 0) is 48.9 Å². The molecule has 0 unspecified atom stereocenters. The lowest BCUT2D eigenvalue weighted by Crippen LogP contribution is -2.18. The number of nitrogens with one attached hydrogen (secondary N) is 1. The van der Waals surface area contributed by atoms with Crippen molar-refractivity contribution in [2.45, 2.75) is 32.1 Å². The highest BCUT2D eigenvalue weighted by molar-refractivity contribution is 9.10. The lowest BCUT2D eigenvalue weighted by Gasteiger charge is -2.12. The highest BCUT2D eigenvalue weighted by atomic mass is 79.9. The van der Waals surface area contributed by atoms with E-state index in [4.69, 9.17) is 15.2 Å². The van der Waals surface area contributed by atoms with Crippen LogP contribution < -0.4 is 20.5 Å². The average molecular weight is 453 g/mol. The number of amides is 2. The van der Waals surface area contributed by atoms with Crippen LogP contribution in [0.25, 0.3) is 0 Å². The number of halogens is 1. The number of carbonyl (C=O) groups excluding carboxylic acids is 2. The summed E-state index contributed by atoms with van der Waals surface area (Å²) in [6.07, 6.45) is 3.61. The van der Waals surface area contributed by atoms with Crippen LogP contribution in [-0.4, -0.2) is 26.0 Å². The number of hydrogen-bond acceptors (Lipinski definition) is 5. The minimum Gasteiger partial charge on any atom is -0.493 e. The zero-order valence-corrected chi connectivity index (χ0v) is 17.6. The molecular formula is C19H21BrN2O4S. The van der Waals surface area contributed by atoms with Crippen LogP contribution in [0.2, 0.25) is 0 Å². The third kappa shape index (κ3) is 4.11. The first-order chi connectivity index (χ1) is 12.9. The molecule has 0 saturated heterocycles. The Labute approximate surface area is 170 Å². The van der Waals surface area contributed by atoms with E-state index in [0.29, 0.717) is 28.5 Å². The Hall–Kier alpha value is -2.06. The Morgan fingerprint density at radius 1 is 1.22 bits per heavy atom. The molecule has 0 radical (unpaired) electrons. The van der Waals surface area contributed by atoms with E-state index in [-0.39, 0.29) is 12.3 Å². The number of primary amides is 1. The van der Waals surface area contributed by atoms with Crippen LogP contribution in [0.15, 0.2) is 16.6 Å². The highest BCUT2D eigenvalue weighted by Gasteiger charge is 2.26. The number of nitrogens with two attached hydrogens (primary N) is 1. The summed E-state index contributed by atoms with van der Waals surface area (Å²) in [7, 11) is 3.15. The monoisotopic (exact) mass is 452 g/mol. The van der Waals surface area contributed by atoms with Crippen LogP contribution in [0.4, 0.5) is 5.00 Å². The van der Waals surface area contributed by atoms with Gasteiger partial charge in [-0.1, -0.05) is 15.9 Å². The quantitative estimate of drug-likeness (QED) is 0.669. The van der Waals surface area contributed by atoms with E-state index in [1.165, 1.54) is 11.3 Å². The summed E-state index contributed by atoms with van der Waals surface area (Å²) < 4.78 is 11.4. The molecule has 1 heterocycles. The Balaban J connectivity index is 1.70. The van der Waals surface area contributed by atoms with Crippen LogP contribution in [-0.2, 0) is 24.1 Å². The molecule has 2 aromatic rings. The molecule has 8 heteroatoms. The number of thiophene rings is 1. The molecule has 1 aromatic heterocycles. The van der Waals surface area contributed by atoms with Gasteiger partial charge in [0.15, 0.2) is 11.5 Å². The van der Waals surface area contributed by atoms with E-state index in [9.17, 15) is 9.59 Å². The fourth-order valence-electron chi connectivity index (χ4n) is 3.28. The number of hydrogen-bond donors (Lipinski definition) is 2. The summed E-state index contributed by atoms with van der Waals surface area (Å²) in [5.41, 5.74) is 7.96. The van der Waals surface area contributed by atoms with Crippen LogP contribution >= 0.6 is 27.3 Å². The van der Waals surface area contributed by atoms with Gasteiger partial charge in [-0.25, -0.2) is 0 Å². The third-order valence-corrected chi connectivity index (χ3v) is 6.54. The number of methoxy groups -OCH3 is 2. The molecule has 0 aliphatic heterocycles. The van der Waals surface area contributed by atoms with Crippen molar-refractivity contribution >= 4 is 44.1 Å². The minimum absolute atomic E-state index is 0.154. The highest BCUT2D eigenvalue weighted by Crippen LogP contribution is 2.39. The fraction of sp³-hybridized carbons (Fsp3) is 0.368. The van der Waals surface area contributed by atoms with E-state index < -0.39 is 5.91 Å². The molecule has 0 atom stereocenters. The predicted molar refractivity (Wildman–Crippen MR) is 109 cm³/mol.